The van der Waals surface area contributed by atoms with Crippen LogP contribution in [0, 0.1) is 11.3 Å². The maximum Gasteiger partial charge on any atom is 0.257 e. The van der Waals surface area contributed by atoms with E-state index in [4.69, 9.17) is 9.47 Å². The summed E-state index contributed by atoms with van der Waals surface area (Å²) in [7, 11) is -0.819. The Morgan fingerprint density at radius 2 is 1.72 bits per heavy atom. The van der Waals surface area contributed by atoms with Crippen LogP contribution in [0.15, 0.2) is 47.4 Å². The van der Waals surface area contributed by atoms with Gasteiger partial charge in [-0.15, -0.1) is 0 Å². The van der Waals surface area contributed by atoms with Crippen molar-refractivity contribution in [3.05, 3.63) is 53.6 Å². The van der Waals surface area contributed by atoms with Gasteiger partial charge in [0.15, 0.2) is 0 Å². The van der Waals surface area contributed by atoms with Crippen LogP contribution in [0.2, 0.25) is 0 Å². The van der Waals surface area contributed by atoms with Crippen LogP contribution >= 0.6 is 0 Å². The summed E-state index contributed by atoms with van der Waals surface area (Å²) in [5.41, 5.74) is 0.463. The van der Waals surface area contributed by atoms with E-state index in [9.17, 15) is 18.5 Å². The molecule has 1 saturated heterocycles. The van der Waals surface area contributed by atoms with Gasteiger partial charge in [-0.05, 0) is 30.3 Å². The minimum atomic E-state index is -3.81. The van der Waals surface area contributed by atoms with E-state index in [-0.39, 0.29) is 42.5 Å². The monoisotopic (exact) mass is 415 g/mol. The number of carbonyl (C=O) groups excluding carboxylic acids is 1. The van der Waals surface area contributed by atoms with Gasteiger partial charge in [0.1, 0.15) is 17.6 Å². The maximum absolute atomic E-state index is 13.0. The fraction of sp³-hybridized carbons (Fsp3) is 0.300. The largest absolute Gasteiger partial charge is 0.497 e. The number of carbonyl (C=O) groups is 1. The summed E-state index contributed by atoms with van der Waals surface area (Å²) in [5.74, 6) is 0.701. The molecule has 3 rings (SSSR count). The summed E-state index contributed by atoms with van der Waals surface area (Å²) in [5, 5.41) is 9.21. The molecule has 0 aromatic heterocycles. The van der Waals surface area contributed by atoms with E-state index in [0.717, 1.165) is 0 Å². The molecule has 29 heavy (non-hydrogen) atoms. The van der Waals surface area contributed by atoms with E-state index in [0.29, 0.717) is 17.1 Å². The lowest BCUT2D eigenvalue weighted by molar-refractivity contribution is 0.0694. The molecule has 1 aliphatic heterocycles. The van der Waals surface area contributed by atoms with Gasteiger partial charge in [-0.3, -0.25) is 4.79 Å². The van der Waals surface area contributed by atoms with Crippen LogP contribution in [0.3, 0.4) is 0 Å². The second-order valence-corrected chi connectivity index (χ2v) is 8.28. The number of hydrogen-bond donors (Lipinski definition) is 0. The molecule has 0 spiro atoms. The SMILES string of the molecule is COc1ccc(OC)c(C(=O)N2CCN(S(=O)(=O)c3ccccc3C#N)CC2)c1. The van der Waals surface area contributed by atoms with Crippen LogP contribution in [0.25, 0.3) is 0 Å². The second kappa shape index (κ2) is 8.51. The predicted octanol–water partition coefficient (Wildman–Crippen LogP) is 1.72. The molecule has 0 atom stereocenters. The third-order valence-electron chi connectivity index (χ3n) is 4.79. The normalized spacial score (nSPS) is 14.9. The molecule has 1 aliphatic rings. The van der Waals surface area contributed by atoms with Crippen LogP contribution in [-0.2, 0) is 10.0 Å². The average Bonchev–Trinajstić information content (AvgIpc) is 2.78. The molecule has 8 nitrogen and oxygen atoms in total. The van der Waals surface area contributed by atoms with Crippen molar-refractivity contribution in [1.29, 1.82) is 5.26 Å². The van der Waals surface area contributed by atoms with Crippen LogP contribution in [0.4, 0.5) is 0 Å². The molecule has 2 aromatic rings. The predicted molar refractivity (Wildman–Crippen MR) is 105 cm³/mol. The summed E-state index contributed by atoms with van der Waals surface area (Å²) in [6, 6.07) is 13.0. The van der Waals surface area contributed by atoms with Crippen LogP contribution in [0.5, 0.6) is 11.5 Å². The zero-order chi connectivity index (χ0) is 21.0. The topological polar surface area (TPSA) is 99.9 Å². The Labute approximate surface area is 169 Å². The van der Waals surface area contributed by atoms with Gasteiger partial charge in [0.2, 0.25) is 10.0 Å². The van der Waals surface area contributed by atoms with Gasteiger partial charge in [0.05, 0.1) is 30.2 Å². The third kappa shape index (κ3) is 4.04. The molecule has 0 radical (unpaired) electrons. The van der Waals surface area contributed by atoms with E-state index in [2.05, 4.69) is 0 Å². The molecule has 1 heterocycles. The number of nitriles is 1. The number of hydrogen-bond acceptors (Lipinski definition) is 6. The highest BCUT2D eigenvalue weighted by Gasteiger charge is 2.32. The molecule has 0 N–H and O–H groups in total. The number of methoxy groups -OCH3 is 2. The molecule has 152 valence electrons. The lowest BCUT2D eigenvalue weighted by Gasteiger charge is -2.34. The molecule has 0 unspecified atom stereocenters. The number of nitrogens with zero attached hydrogens (tertiary/aromatic N) is 3. The summed E-state index contributed by atoms with van der Waals surface area (Å²) >= 11 is 0. The van der Waals surface area contributed by atoms with E-state index < -0.39 is 10.0 Å². The minimum Gasteiger partial charge on any atom is -0.497 e. The standard InChI is InChI=1S/C20H21N3O5S/c1-27-16-7-8-18(28-2)17(13-16)20(24)22-9-11-23(12-10-22)29(25,26)19-6-4-3-5-15(19)14-21/h3-8,13H,9-12H2,1-2H3. The Bertz CT molecular complexity index is 1050. The van der Waals surface area contributed by atoms with E-state index in [1.165, 1.54) is 30.7 Å². The van der Waals surface area contributed by atoms with Crippen molar-refractivity contribution in [1.82, 2.24) is 9.21 Å². The molecule has 0 saturated carbocycles. The van der Waals surface area contributed by atoms with Crippen molar-refractivity contribution in [3.8, 4) is 17.6 Å². The number of piperazine rings is 1. The Hall–Kier alpha value is -3.09. The molecule has 1 fully saturated rings. The number of sulfonamides is 1. The van der Waals surface area contributed by atoms with Gasteiger partial charge in [-0.2, -0.15) is 9.57 Å². The van der Waals surface area contributed by atoms with Crippen molar-refractivity contribution in [2.45, 2.75) is 4.90 Å². The van der Waals surface area contributed by atoms with Crippen LogP contribution in [0.1, 0.15) is 15.9 Å². The van der Waals surface area contributed by atoms with Gasteiger partial charge in [0, 0.05) is 26.2 Å². The lowest BCUT2D eigenvalue weighted by atomic mass is 10.1. The number of ether oxygens (including phenoxy) is 2. The first kappa shape index (κ1) is 20.6. The van der Waals surface area contributed by atoms with Gasteiger partial charge in [-0.1, -0.05) is 12.1 Å². The quantitative estimate of drug-likeness (QED) is 0.737. The molecular formula is C20H21N3O5S. The van der Waals surface area contributed by atoms with Crippen molar-refractivity contribution < 1.29 is 22.7 Å². The Morgan fingerprint density at radius 3 is 2.34 bits per heavy atom. The number of amides is 1. The summed E-state index contributed by atoms with van der Waals surface area (Å²) in [6.07, 6.45) is 0. The number of benzene rings is 2. The molecular weight excluding hydrogens is 394 g/mol. The lowest BCUT2D eigenvalue weighted by Crippen LogP contribution is -2.50. The molecule has 9 heteroatoms. The smallest absolute Gasteiger partial charge is 0.257 e. The van der Waals surface area contributed by atoms with E-state index in [1.807, 2.05) is 6.07 Å². The highest BCUT2D eigenvalue weighted by Crippen LogP contribution is 2.27. The second-order valence-electron chi connectivity index (χ2n) is 6.37. The number of rotatable bonds is 5. The van der Waals surface area contributed by atoms with Gasteiger partial charge in [-0.25, -0.2) is 8.42 Å². The van der Waals surface area contributed by atoms with Crippen molar-refractivity contribution >= 4 is 15.9 Å². The minimum absolute atomic E-state index is 0.0169. The molecule has 0 bridgehead atoms. The first-order valence-corrected chi connectivity index (χ1v) is 10.4. The van der Waals surface area contributed by atoms with E-state index in [1.54, 1.807) is 35.2 Å². The van der Waals surface area contributed by atoms with Crippen LogP contribution < -0.4 is 9.47 Å². The highest BCUT2D eigenvalue weighted by atomic mass is 32.2. The molecule has 0 aliphatic carbocycles. The van der Waals surface area contributed by atoms with Gasteiger partial charge in [0.25, 0.3) is 5.91 Å². The first-order chi connectivity index (χ1) is 13.9. The summed E-state index contributed by atoms with van der Waals surface area (Å²) in [6.45, 7) is 0.737. The van der Waals surface area contributed by atoms with Crippen molar-refractivity contribution in [2.24, 2.45) is 0 Å². The fourth-order valence-corrected chi connectivity index (χ4v) is 4.77. The Morgan fingerprint density at radius 1 is 1.03 bits per heavy atom. The van der Waals surface area contributed by atoms with Crippen molar-refractivity contribution in [2.75, 3.05) is 40.4 Å². The van der Waals surface area contributed by atoms with E-state index >= 15 is 0 Å². The Balaban J connectivity index is 1.77. The van der Waals surface area contributed by atoms with Crippen molar-refractivity contribution in [3.63, 3.8) is 0 Å². The Kier molecular flexibility index (Phi) is 6.06. The third-order valence-corrected chi connectivity index (χ3v) is 6.75. The fourth-order valence-electron chi connectivity index (χ4n) is 3.21. The summed E-state index contributed by atoms with van der Waals surface area (Å²) < 4.78 is 37.6. The molecule has 1 amide bonds. The molecule has 2 aromatic carbocycles. The first-order valence-electron chi connectivity index (χ1n) is 8.93. The summed E-state index contributed by atoms with van der Waals surface area (Å²) in [4.78, 5) is 14.5. The average molecular weight is 415 g/mol. The maximum atomic E-state index is 13.0. The van der Waals surface area contributed by atoms with Gasteiger partial charge >= 0.3 is 0 Å². The van der Waals surface area contributed by atoms with Crippen LogP contribution in [-0.4, -0.2) is 63.9 Å². The van der Waals surface area contributed by atoms with Gasteiger partial charge < -0.3 is 14.4 Å². The highest BCUT2D eigenvalue weighted by molar-refractivity contribution is 7.89. The zero-order valence-corrected chi connectivity index (χ0v) is 17.0. The zero-order valence-electron chi connectivity index (χ0n) is 16.2.